The molecule has 0 aliphatic heterocycles. The van der Waals surface area contributed by atoms with Crippen LogP contribution in [0.25, 0.3) is 0 Å². The molecule has 0 spiro atoms. The molecule has 0 fully saturated rings. The van der Waals surface area contributed by atoms with Crippen LogP contribution in [0.4, 0.5) is 5.82 Å². The predicted molar refractivity (Wildman–Crippen MR) is 79.9 cm³/mol. The largest absolute Gasteiger partial charge is 0.385 e. The number of nitrogens with one attached hydrogen (secondary N) is 1. The highest BCUT2D eigenvalue weighted by Gasteiger charge is 2.19. The molecule has 1 N–H and O–H groups in total. The quantitative estimate of drug-likeness (QED) is 0.779. The number of hydrogen-bond acceptors (Lipinski definition) is 4. The number of aryl methyl sites for hydroxylation is 1. The zero-order valence-corrected chi connectivity index (χ0v) is 13.3. The Labute approximate surface area is 120 Å². The van der Waals surface area contributed by atoms with E-state index < -0.39 is 0 Å². The Bertz CT molecular complexity index is 421. The van der Waals surface area contributed by atoms with Gasteiger partial charge in [-0.15, -0.1) is 0 Å². The summed E-state index contributed by atoms with van der Waals surface area (Å²) in [6.07, 6.45) is 1.82. The molecule has 4 nitrogen and oxygen atoms in total. The molecule has 1 aromatic rings. The van der Waals surface area contributed by atoms with Crippen LogP contribution in [0.1, 0.15) is 38.6 Å². The number of ether oxygens (including phenoxy) is 1. The normalized spacial score (nSPS) is 11.7. The van der Waals surface area contributed by atoms with Gasteiger partial charge < -0.3 is 10.1 Å². The summed E-state index contributed by atoms with van der Waals surface area (Å²) in [5.41, 5.74) is 1.13. The van der Waals surface area contributed by atoms with Gasteiger partial charge in [0.05, 0.1) is 0 Å². The molecule has 0 saturated heterocycles. The summed E-state index contributed by atoms with van der Waals surface area (Å²) in [6, 6.07) is 0. The fraction of sp³-hybridized carbons (Fsp3) is 0.714. The van der Waals surface area contributed by atoms with Gasteiger partial charge in [0.25, 0.3) is 0 Å². The second-order valence-corrected chi connectivity index (χ2v) is 5.86. The first-order chi connectivity index (χ1) is 8.89. The van der Waals surface area contributed by atoms with E-state index in [1.807, 2.05) is 6.92 Å². The molecule has 0 atom stereocenters. The van der Waals surface area contributed by atoms with Crippen LogP contribution >= 0.6 is 11.6 Å². The van der Waals surface area contributed by atoms with Gasteiger partial charge >= 0.3 is 0 Å². The molecule has 0 amide bonds. The molecule has 1 rings (SSSR count). The molecule has 0 radical (unpaired) electrons. The first-order valence-corrected chi connectivity index (χ1v) is 7.03. The summed E-state index contributed by atoms with van der Waals surface area (Å²) >= 11 is 6.16. The monoisotopic (exact) mass is 285 g/mol. The van der Waals surface area contributed by atoms with Crippen LogP contribution in [-0.2, 0) is 11.2 Å². The molecule has 0 aliphatic rings. The summed E-state index contributed by atoms with van der Waals surface area (Å²) in [4.78, 5) is 8.64. The maximum absolute atomic E-state index is 6.16. The zero-order valence-electron chi connectivity index (χ0n) is 12.5. The second-order valence-electron chi connectivity index (χ2n) is 5.50. The maximum atomic E-state index is 6.16. The molecule has 108 valence electrons. The Morgan fingerprint density at radius 3 is 2.58 bits per heavy atom. The SMILES string of the molecule is CCc1c(Cl)nc(C)nc1NCC(C)(C)CCOC. The van der Waals surface area contributed by atoms with Gasteiger partial charge in [-0.05, 0) is 25.2 Å². The van der Waals surface area contributed by atoms with E-state index in [0.717, 1.165) is 37.4 Å². The Hall–Kier alpha value is -0.870. The van der Waals surface area contributed by atoms with Crippen molar-refractivity contribution in [3.8, 4) is 0 Å². The van der Waals surface area contributed by atoms with Crippen LogP contribution in [0.2, 0.25) is 5.15 Å². The van der Waals surface area contributed by atoms with Crippen molar-refractivity contribution in [2.75, 3.05) is 25.6 Å². The number of hydrogen-bond donors (Lipinski definition) is 1. The van der Waals surface area contributed by atoms with Crippen LogP contribution in [0.3, 0.4) is 0 Å². The molecule has 0 aliphatic carbocycles. The fourth-order valence-corrected chi connectivity index (χ4v) is 2.16. The van der Waals surface area contributed by atoms with Gasteiger partial charge in [0.1, 0.15) is 16.8 Å². The molecule has 0 aromatic carbocycles. The average Bonchev–Trinajstić information content (AvgIpc) is 2.33. The Balaban J connectivity index is 2.77. The van der Waals surface area contributed by atoms with E-state index in [1.54, 1.807) is 7.11 Å². The minimum atomic E-state index is 0.145. The van der Waals surface area contributed by atoms with Crippen LogP contribution in [0.15, 0.2) is 0 Å². The van der Waals surface area contributed by atoms with Crippen molar-refractivity contribution in [2.24, 2.45) is 5.41 Å². The van der Waals surface area contributed by atoms with Crippen molar-refractivity contribution < 1.29 is 4.74 Å². The van der Waals surface area contributed by atoms with E-state index in [-0.39, 0.29) is 5.41 Å². The molecular formula is C14H24ClN3O. The van der Waals surface area contributed by atoms with Gasteiger partial charge in [-0.2, -0.15) is 0 Å². The zero-order chi connectivity index (χ0) is 14.5. The molecule has 5 heteroatoms. The highest BCUT2D eigenvalue weighted by Crippen LogP contribution is 2.25. The number of anilines is 1. The fourth-order valence-electron chi connectivity index (χ4n) is 1.81. The molecule has 19 heavy (non-hydrogen) atoms. The number of halogens is 1. The predicted octanol–water partition coefficient (Wildman–Crippen LogP) is 3.48. The lowest BCUT2D eigenvalue weighted by atomic mass is 9.89. The maximum Gasteiger partial charge on any atom is 0.138 e. The standard InChI is InChI=1S/C14H24ClN3O/c1-6-11-12(15)17-10(2)18-13(11)16-9-14(3,4)7-8-19-5/h6-9H2,1-5H3,(H,16,17,18). The lowest BCUT2D eigenvalue weighted by Gasteiger charge is -2.25. The van der Waals surface area contributed by atoms with Crippen molar-refractivity contribution in [3.63, 3.8) is 0 Å². The summed E-state index contributed by atoms with van der Waals surface area (Å²) in [6.45, 7) is 9.92. The van der Waals surface area contributed by atoms with Crippen LogP contribution in [0, 0.1) is 12.3 Å². The molecule has 0 unspecified atom stereocenters. The van der Waals surface area contributed by atoms with Crippen LogP contribution < -0.4 is 5.32 Å². The molecule has 1 heterocycles. The lowest BCUT2D eigenvalue weighted by Crippen LogP contribution is -2.25. The highest BCUT2D eigenvalue weighted by molar-refractivity contribution is 6.30. The first-order valence-electron chi connectivity index (χ1n) is 6.65. The molecule has 0 saturated carbocycles. The van der Waals surface area contributed by atoms with Gasteiger partial charge in [-0.1, -0.05) is 32.4 Å². The third-order valence-corrected chi connectivity index (χ3v) is 3.45. The van der Waals surface area contributed by atoms with Crippen molar-refractivity contribution >= 4 is 17.4 Å². The summed E-state index contributed by atoms with van der Waals surface area (Å²) < 4.78 is 5.14. The average molecular weight is 286 g/mol. The third kappa shape index (κ3) is 4.96. The lowest BCUT2D eigenvalue weighted by molar-refractivity contribution is 0.157. The van der Waals surface area contributed by atoms with E-state index in [0.29, 0.717) is 11.0 Å². The van der Waals surface area contributed by atoms with Crippen molar-refractivity contribution in [3.05, 3.63) is 16.5 Å². The summed E-state index contributed by atoms with van der Waals surface area (Å²) in [5, 5.41) is 3.95. The highest BCUT2D eigenvalue weighted by atomic mass is 35.5. The van der Waals surface area contributed by atoms with E-state index in [4.69, 9.17) is 16.3 Å². The Morgan fingerprint density at radius 1 is 1.32 bits per heavy atom. The molecular weight excluding hydrogens is 262 g/mol. The van der Waals surface area contributed by atoms with Gasteiger partial charge in [0.2, 0.25) is 0 Å². The molecule has 0 bridgehead atoms. The minimum Gasteiger partial charge on any atom is -0.385 e. The van der Waals surface area contributed by atoms with Gasteiger partial charge in [-0.25, -0.2) is 9.97 Å². The van der Waals surface area contributed by atoms with E-state index in [9.17, 15) is 0 Å². The topological polar surface area (TPSA) is 47.0 Å². The number of aromatic nitrogens is 2. The van der Waals surface area contributed by atoms with Crippen molar-refractivity contribution in [1.82, 2.24) is 9.97 Å². The van der Waals surface area contributed by atoms with Crippen LogP contribution in [0.5, 0.6) is 0 Å². The smallest absolute Gasteiger partial charge is 0.138 e. The van der Waals surface area contributed by atoms with E-state index >= 15 is 0 Å². The second kappa shape index (κ2) is 7.06. The minimum absolute atomic E-state index is 0.145. The van der Waals surface area contributed by atoms with Crippen molar-refractivity contribution in [2.45, 2.75) is 40.5 Å². The third-order valence-electron chi connectivity index (χ3n) is 3.14. The first kappa shape index (κ1) is 16.2. The van der Waals surface area contributed by atoms with Crippen LogP contribution in [-0.4, -0.2) is 30.2 Å². The number of nitrogens with zero attached hydrogens (tertiary/aromatic N) is 2. The van der Waals surface area contributed by atoms with Crippen molar-refractivity contribution in [1.29, 1.82) is 0 Å². The van der Waals surface area contributed by atoms with Gasteiger partial charge in [0, 0.05) is 25.8 Å². The molecule has 1 aromatic heterocycles. The Kier molecular flexibility index (Phi) is 6.01. The van der Waals surface area contributed by atoms with Gasteiger partial charge in [-0.3, -0.25) is 0 Å². The van der Waals surface area contributed by atoms with E-state index in [1.165, 1.54) is 0 Å². The number of rotatable bonds is 7. The van der Waals surface area contributed by atoms with Gasteiger partial charge in [0.15, 0.2) is 0 Å². The van der Waals surface area contributed by atoms with E-state index in [2.05, 4.69) is 36.1 Å². The Morgan fingerprint density at radius 2 is 2.00 bits per heavy atom. The number of methoxy groups -OCH3 is 1. The summed E-state index contributed by atoms with van der Waals surface area (Å²) in [5.74, 6) is 1.55. The summed E-state index contributed by atoms with van der Waals surface area (Å²) in [7, 11) is 1.73.